The summed E-state index contributed by atoms with van der Waals surface area (Å²) in [6.45, 7) is 4.18. The molecule has 1 atom stereocenters. The highest BCUT2D eigenvalue weighted by Gasteiger charge is 2.33. The summed E-state index contributed by atoms with van der Waals surface area (Å²) < 4.78 is 13.2. The van der Waals surface area contributed by atoms with Gasteiger partial charge in [0.25, 0.3) is 5.56 Å². The predicted octanol–water partition coefficient (Wildman–Crippen LogP) is -0.430. The fraction of sp³-hybridized carbons (Fsp3) is 0.583. The first-order valence-electron chi connectivity index (χ1n) is 5.86. The summed E-state index contributed by atoms with van der Waals surface area (Å²) in [4.78, 5) is 23.5. The summed E-state index contributed by atoms with van der Waals surface area (Å²) in [7, 11) is 1.35. The van der Waals surface area contributed by atoms with Gasteiger partial charge in [0.2, 0.25) is 0 Å². The zero-order valence-corrected chi connectivity index (χ0v) is 11.0. The molecule has 2 rings (SSSR count). The van der Waals surface area contributed by atoms with Gasteiger partial charge in [0.15, 0.2) is 5.79 Å². The van der Waals surface area contributed by atoms with Gasteiger partial charge >= 0.3 is 5.69 Å². The highest BCUT2D eigenvalue weighted by molar-refractivity contribution is 5.22. The van der Waals surface area contributed by atoms with Crippen molar-refractivity contribution >= 4 is 0 Å². The summed E-state index contributed by atoms with van der Waals surface area (Å²) in [6, 6.07) is 1.78. The molecule has 0 bridgehead atoms. The molecular formula is C12H15N3O4. The normalized spacial score (nSPS) is 21.3. The molecule has 1 unspecified atom stereocenters. The number of hydrogen-bond acceptors (Lipinski definition) is 5. The van der Waals surface area contributed by atoms with Gasteiger partial charge in [-0.15, -0.1) is 0 Å². The number of aromatic nitrogens is 2. The van der Waals surface area contributed by atoms with Crippen LogP contribution < -0.4 is 11.2 Å². The maximum Gasteiger partial charge on any atom is 0.330 e. The molecule has 102 valence electrons. The van der Waals surface area contributed by atoms with Crippen LogP contribution in [-0.2, 0) is 23.1 Å². The third-order valence-electron chi connectivity index (χ3n) is 2.94. The van der Waals surface area contributed by atoms with Crippen LogP contribution in [0, 0.1) is 11.3 Å². The van der Waals surface area contributed by atoms with E-state index in [0.29, 0.717) is 6.61 Å². The summed E-state index contributed by atoms with van der Waals surface area (Å²) >= 11 is 0. The van der Waals surface area contributed by atoms with E-state index in [-0.39, 0.29) is 18.2 Å². The number of rotatable bonds is 2. The largest absolute Gasteiger partial charge is 0.348 e. The van der Waals surface area contributed by atoms with E-state index < -0.39 is 17.0 Å². The number of nitrogens with zero attached hydrogens (tertiary/aromatic N) is 3. The molecule has 0 aliphatic carbocycles. The highest BCUT2D eigenvalue weighted by atomic mass is 16.7. The summed E-state index contributed by atoms with van der Waals surface area (Å²) in [5, 5.41) is 8.87. The second-order valence-corrected chi connectivity index (χ2v) is 4.90. The van der Waals surface area contributed by atoms with Crippen molar-refractivity contribution in [3.63, 3.8) is 0 Å². The van der Waals surface area contributed by atoms with Crippen LogP contribution in [-0.4, -0.2) is 27.6 Å². The first-order valence-corrected chi connectivity index (χ1v) is 5.86. The second kappa shape index (κ2) is 4.64. The van der Waals surface area contributed by atoms with Crippen molar-refractivity contribution in [1.82, 2.24) is 9.13 Å². The number of nitriles is 1. The van der Waals surface area contributed by atoms with Crippen LogP contribution in [0.2, 0.25) is 0 Å². The zero-order valence-electron chi connectivity index (χ0n) is 11.0. The van der Waals surface area contributed by atoms with Gasteiger partial charge in [-0.25, -0.2) is 4.79 Å². The van der Waals surface area contributed by atoms with Crippen molar-refractivity contribution in [2.75, 3.05) is 6.61 Å². The smallest absolute Gasteiger partial charge is 0.330 e. The van der Waals surface area contributed by atoms with Crippen LogP contribution >= 0.6 is 0 Å². The van der Waals surface area contributed by atoms with Crippen LogP contribution in [0.1, 0.15) is 19.4 Å². The van der Waals surface area contributed by atoms with Gasteiger partial charge < -0.3 is 9.47 Å². The van der Waals surface area contributed by atoms with Gasteiger partial charge in [0.05, 0.1) is 13.2 Å². The summed E-state index contributed by atoms with van der Waals surface area (Å²) in [6.07, 6.45) is 0.982. The lowest BCUT2D eigenvalue weighted by Gasteiger charge is -2.17. The van der Waals surface area contributed by atoms with E-state index in [4.69, 9.17) is 14.7 Å². The first kappa shape index (κ1) is 13.5. The molecule has 1 aliphatic heterocycles. The Kier molecular flexibility index (Phi) is 3.30. The maximum atomic E-state index is 11.9. The van der Waals surface area contributed by atoms with E-state index in [1.165, 1.54) is 17.8 Å². The Morgan fingerprint density at radius 3 is 2.74 bits per heavy atom. The predicted molar refractivity (Wildman–Crippen MR) is 65.6 cm³/mol. The van der Waals surface area contributed by atoms with Crippen molar-refractivity contribution in [2.24, 2.45) is 7.05 Å². The molecular weight excluding hydrogens is 250 g/mol. The first-order chi connectivity index (χ1) is 8.84. The Bertz CT molecular complexity index is 650. The van der Waals surface area contributed by atoms with Crippen LogP contribution in [0.5, 0.6) is 0 Å². The van der Waals surface area contributed by atoms with Gasteiger partial charge in [-0.3, -0.25) is 13.9 Å². The monoisotopic (exact) mass is 265 g/mol. The fourth-order valence-corrected chi connectivity index (χ4v) is 2.01. The molecule has 0 saturated carbocycles. The van der Waals surface area contributed by atoms with E-state index in [2.05, 4.69) is 0 Å². The molecule has 1 fully saturated rings. The van der Waals surface area contributed by atoms with Crippen molar-refractivity contribution < 1.29 is 9.47 Å². The summed E-state index contributed by atoms with van der Waals surface area (Å²) in [5.41, 5.74) is -1.13. The fourth-order valence-electron chi connectivity index (χ4n) is 2.01. The van der Waals surface area contributed by atoms with Gasteiger partial charge in [-0.1, -0.05) is 0 Å². The van der Waals surface area contributed by atoms with E-state index in [9.17, 15) is 9.59 Å². The number of hydrogen-bond donors (Lipinski definition) is 0. The second-order valence-electron chi connectivity index (χ2n) is 4.90. The average Bonchev–Trinajstić information content (AvgIpc) is 2.69. The minimum absolute atomic E-state index is 0.0692. The Labute approximate surface area is 109 Å². The van der Waals surface area contributed by atoms with Gasteiger partial charge in [-0.2, -0.15) is 5.26 Å². The molecule has 1 saturated heterocycles. The molecule has 1 aromatic rings. The Hall–Kier alpha value is -1.91. The van der Waals surface area contributed by atoms with Crippen LogP contribution in [0.4, 0.5) is 0 Å². The van der Waals surface area contributed by atoms with Gasteiger partial charge in [0.1, 0.15) is 17.7 Å². The molecule has 0 aromatic carbocycles. The standard InChI is InChI=1S/C12H15N3O4/c1-12(2)18-7-9(19-12)6-15-5-8(4-13)10(16)14(3)11(15)17/h5,9H,6-7H2,1-3H3. The Morgan fingerprint density at radius 2 is 2.21 bits per heavy atom. The molecule has 0 N–H and O–H groups in total. The van der Waals surface area contributed by atoms with Crippen molar-refractivity contribution in [3.8, 4) is 6.07 Å². The zero-order chi connectivity index (χ0) is 14.2. The Balaban J connectivity index is 2.32. The maximum absolute atomic E-state index is 11.9. The van der Waals surface area contributed by atoms with E-state index in [0.717, 1.165) is 4.57 Å². The molecule has 1 aromatic heterocycles. The minimum atomic E-state index is -0.674. The lowest BCUT2D eigenvalue weighted by molar-refractivity contribution is -0.139. The van der Waals surface area contributed by atoms with Crippen molar-refractivity contribution in [3.05, 3.63) is 32.6 Å². The minimum Gasteiger partial charge on any atom is -0.348 e. The molecule has 19 heavy (non-hydrogen) atoms. The van der Waals surface area contributed by atoms with Crippen LogP contribution in [0.3, 0.4) is 0 Å². The van der Waals surface area contributed by atoms with Gasteiger partial charge in [-0.05, 0) is 13.8 Å². The molecule has 7 heteroatoms. The lowest BCUT2D eigenvalue weighted by atomic mass is 10.3. The molecule has 0 amide bonds. The quantitative estimate of drug-likeness (QED) is 0.724. The third-order valence-corrected chi connectivity index (χ3v) is 2.94. The summed E-state index contributed by atoms with van der Waals surface area (Å²) in [5.74, 6) is -0.674. The van der Waals surface area contributed by atoms with Crippen LogP contribution in [0.25, 0.3) is 0 Å². The molecule has 0 spiro atoms. The average molecular weight is 265 g/mol. The molecule has 2 heterocycles. The molecule has 7 nitrogen and oxygen atoms in total. The topological polar surface area (TPSA) is 86.2 Å². The highest BCUT2D eigenvalue weighted by Crippen LogP contribution is 2.22. The molecule has 1 aliphatic rings. The third kappa shape index (κ3) is 2.59. The van der Waals surface area contributed by atoms with Crippen LogP contribution in [0.15, 0.2) is 15.8 Å². The van der Waals surface area contributed by atoms with Crippen molar-refractivity contribution in [2.45, 2.75) is 32.3 Å². The Morgan fingerprint density at radius 1 is 1.53 bits per heavy atom. The van der Waals surface area contributed by atoms with Crippen molar-refractivity contribution in [1.29, 1.82) is 5.26 Å². The van der Waals surface area contributed by atoms with Gasteiger partial charge in [0, 0.05) is 13.2 Å². The SMILES string of the molecule is Cn1c(=O)c(C#N)cn(CC2COC(C)(C)O2)c1=O. The molecule has 0 radical (unpaired) electrons. The lowest BCUT2D eigenvalue weighted by Crippen LogP contribution is -2.41. The van der Waals surface area contributed by atoms with E-state index in [1.54, 1.807) is 19.9 Å². The van der Waals surface area contributed by atoms with E-state index >= 15 is 0 Å². The van der Waals surface area contributed by atoms with E-state index in [1.807, 2.05) is 0 Å². The number of ether oxygens (including phenoxy) is 2.